The summed E-state index contributed by atoms with van der Waals surface area (Å²) in [6.45, 7) is 0.535. The quantitative estimate of drug-likeness (QED) is 0.590. The number of hydrogen-bond donors (Lipinski definition) is 2. The van der Waals surface area contributed by atoms with Crippen LogP contribution in [0.2, 0.25) is 0 Å². The maximum Gasteiger partial charge on any atom is 0.232 e. The smallest absolute Gasteiger partial charge is 0.232 e. The fourth-order valence-corrected chi connectivity index (χ4v) is 0.868. The standard InChI is InChI=1S/C6H11N3O/c1-9-4-8-6(10)5(9)2-3-7/h4,10H,2-3,7H2,1H3. The van der Waals surface area contributed by atoms with Crippen LogP contribution >= 0.6 is 0 Å². The van der Waals surface area contributed by atoms with Crippen molar-refractivity contribution < 1.29 is 5.11 Å². The Morgan fingerprint density at radius 2 is 2.50 bits per heavy atom. The lowest BCUT2D eigenvalue weighted by atomic mass is 10.3. The van der Waals surface area contributed by atoms with Gasteiger partial charge in [0.1, 0.15) is 0 Å². The van der Waals surface area contributed by atoms with Crippen LogP contribution in [0.25, 0.3) is 0 Å². The summed E-state index contributed by atoms with van der Waals surface area (Å²) in [5.74, 6) is 0.0907. The first-order chi connectivity index (χ1) is 4.75. The summed E-state index contributed by atoms with van der Waals surface area (Å²) in [7, 11) is 1.83. The van der Waals surface area contributed by atoms with E-state index >= 15 is 0 Å². The van der Waals surface area contributed by atoms with Crippen LogP contribution in [-0.4, -0.2) is 21.2 Å². The molecular formula is C6H11N3O. The molecule has 1 rings (SSSR count). The lowest BCUT2D eigenvalue weighted by Crippen LogP contribution is -2.06. The maximum atomic E-state index is 9.07. The van der Waals surface area contributed by atoms with Gasteiger partial charge in [-0.05, 0) is 6.54 Å². The highest BCUT2D eigenvalue weighted by atomic mass is 16.3. The molecule has 0 aliphatic carbocycles. The van der Waals surface area contributed by atoms with E-state index in [2.05, 4.69) is 4.98 Å². The van der Waals surface area contributed by atoms with Gasteiger partial charge in [-0.2, -0.15) is 0 Å². The van der Waals surface area contributed by atoms with Crippen molar-refractivity contribution in [3.8, 4) is 5.88 Å². The molecule has 0 radical (unpaired) electrons. The van der Waals surface area contributed by atoms with Gasteiger partial charge in [-0.15, -0.1) is 0 Å². The van der Waals surface area contributed by atoms with Gasteiger partial charge in [-0.25, -0.2) is 4.98 Å². The second-order valence-electron chi connectivity index (χ2n) is 2.16. The fraction of sp³-hybridized carbons (Fsp3) is 0.500. The summed E-state index contributed by atoms with van der Waals surface area (Å²) < 4.78 is 1.77. The van der Waals surface area contributed by atoms with Crippen molar-refractivity contribution in [2.45, 2.75) is 6.42 Å². The van der Waals surface area contributed by atoms with E-state index in [4.69, 9.17) is 10.8 Å². The second kappa shape index (κ2) is 2.70. The SMILES string of the molecule is Cn1cnc(O)c1CCN. The summed E-state index contributed by atoms with van der Waals surface area (Å²) in [5, 5.41) is 9.07. The predicted molar refractivity (Wildman–Crippen MR) is 37.6 cm³/mol. The van der Waals surface area contributed by atoms with Crippen LogP contribution in [0.15, 0.2) is 6.33 Å². The highest BCUT2D eigenvalue weighted by Gasteiger charge is 2.04. The topological polar surface area (TPSA) is 64.1 Å². The van der Waals surface area contributed by atoms with Gasteiger partial charge in [0.2, 0.25) is 5.88 Å². The first-order valence-electron chi connectivity index (χ1n) is 3.15. The molecule has 4 nitrogen and oxygen atoms in total. The molecule has 0 spiro atoms. The molecule has 0 fully saturated rings. The van der Waals surface area contributed by atoms with Crippen LogP contribution in [0.1, 0.15) is 5.69 Å². The van der Waals surface area contributed by atoms with E-state index in [9.17, 15) is 0 Å². The van der Waals surface area contributed by atoms with Crippen molar-refractivity contribution in [2.24, 2.45) is 12.8 Å². The lowest BCUT2D eigenvalue weighted by molar-refractivity contribution is 0.447. The minimum atomic E-state index is 0.0907. The Morgan fingerprint density at radius 3 is 2.90 bits per heavy atom. The van der Waals surface area contributed by atoms with E-state index < -0.39 is 0 Å². The van der Waals surface area contributed by atoms with Crippen LogP contribution in [0.3, 0.4) is 0 Å². The normalized spacial score (nSPS) is 10.2. The molecule has 1 aromatic heterocycles. The lowest BCUT2D eigenvalue weighted by Gasteiger charge is -1.98. The van der Waals surface area contributed by atoms with Gasteiger partial charge in [0.25, 0.3) is 0 Å². The number of nitrogens with zero attached hydrogens (tertiary/aromatic N) is 2. The van der Waals surface area contributed by atoms with E-state index in [0.29, 0.717) is 13.0 Å². The Hall–Kier alpha value is -1.03. The van der Waals surface area contributed by atoms with Crippen molar-refractivity contribution in [1.29, 1.82) is 0 Å². The summed E-state index contributed by atoms with van der Waals surface area (Å²) in [4.78, 5) is 3.70. The number of aromatic hydroxyl groups is 1. The molecule has 0 unspecified atom stereocenters. The minimum absolute atomic E-state index is 0.0907. The summed E-state index contributed by atoms with van der Waals surface area (Å²) in [5.41, 5.74) is 6.10. The minimum Gasteiger partial charge on any atom is -0.492 e. The molecule has 1 heterocycles. The molecule has 4 heteroatoms. The zero-order valence-electron chi connectivity index (χ0n) is 5.91. The fourth-order valence-electron chi connectivity index (χ4n) is 0.868. The van der Waals surface area contributed by atoms with E-state index in [-0.39, 0.29) is 5.88 Å². The second-order valence-corrected chi connectivity index (χ2v) is 2.16. The molecule has 0 saturated carbocycles. The van der Waals surface area contributed by atoms with Crippen molar-refractivity contribution in [2.75, 3.05) is 6.54 Å². The largest absolute Gasteiger partial charge is 0.492 e. The Morgan fingerprint density at radius 1 is 1.80 bits per heavy atom. The van der Waals surface area contributed by atoms with Crippen LogP contribution in [0, 0.1) is 0 Å². The molecule has 0 atom stereocenters. The predicted octanol–water partition coefficient (Wildman–Crippen LogP) is -0.373. The molecule has 0 aliphatic rings. The number of aryl methyl sites for hydroxylation is 1. The molecule has 0 aliphatic heterocycles. The molecular weight excluding hydrogens is 130 g/mol. The van der Waals surface area contributed by atoms with Crippen LogP contribution in [0.4, 0.5) is 0 Å². The Kier molecular flexibility index (Phi) is 1.91. The van der Waals surface area contributed by atoms with E-state index in [0.717, 1.165) is 5.69 Å². The van der Waals surface area contributed by atoms with Crippen molar-refractivity contribution in [3.63, 3.8) is 0 Å². The zero-order valence-corrected chi connectivity index (χ0v) is 5.91. The Labute approximate surface area is 59.3 Å². The zero-order chi connectivity index (χ0) is 7.56. The third kappa shape index (κ3) is 1.11. The van der Waals surface area contributed by atoms with Gasteiger partial charge >= 0.3 is 0 Å². The molecule has 3 N–H and O–H groups in total. The molecule has 10 heavy (non-hydrogen) atoms. The molecule has 0 amide bonds. The van der Waals surface area contributed by atoms with Crippen LogP contribution in [0.5, 0.6) is 5.88 Å². The van der Waals surface area contributed by atoms with Gasteiger partial charge in [0.15, 0.2) is 0 Å². The highest BCUT2D eigenvalue weighted by Crippen LogP contribution is 2.12. The first-order valence-corrected chi connectivity index (χ1v) is 3.15. The number of hydrogen-bond acceptors (Lipinski definition) is 3. The van der Waals surface area contributed by atoms with Crippen LogP contribution < -0.4 is 5.73 Å². The maximum absolute atomic E-state index is 9.07. The summed E-state index contributed by atoms with van der Waals surface area (Å²) >= 11 is 0. The molecule has 0 saturated heterocycles. The van der Waals surface area contributed by atoms with Gasteiger partial charge in [0.05, 0.1) is 12.0 Å². The summed E-state index contributed by atoms with van der Waals surface area (Å²) in [6.07, 6.45) is 2.24. The molecule has 56 valence electrons. The molecule has 0 bridgehead atoms. The van der Waals surface area contributed by atoms with E-state index in [1.54, 1.807) is 10.9 Å². The first kappa shape index (κ1) is 7.08. The monoisotopic (exact) mass is 141 g/mol. The number of imidazole rings is 1. The van der Waals surface area contributed by atoms with E-state index in [1.165, 1.54) is 0 Å². The molecule has 1 aromatic rings. The Balaban J connectivity index is 2.87. The van der Waals surface area contributed by atoms with Gasteiger partial charge in [-0.1, -0.05) is 0 Å². The number of nitrogens with two attached hydrogens (primary N) is 1. The van der Waals surface area contributed by atoms with Gasteiger partial charge < -0.3 is 15.4 Å². The van der Waals surface area contributed by atoms with Crippen molar-refractivity contribution in [3.05, 3.63) is 12.0 Å². The molecule has 0 aromatic carbocycles. The van der Waals surface area contributed by atoms with Gasteiger partial charge in [-0.3, -0.25) is 0 Å². The average Bonchev–Trinajstić information content (AvgIpc) is 2.20. The average molecular weight is 141 g/mol. The number of rotatable bonds is 2. The third-order valence-corrected chi connectivity index (χ3v) is 1.42. The highest BCUT2D eigenvalue weighted by molar-refractivity contribution is 5.17. The van der Waals surface area contributed by atoms with Gasteiger partial charge in [0, 0.05) is 13.5 Å². The summed E-state index contributed by atoms with van der Waals surface area (Å²) in [6, 6.07) is 0. The van der Waals surface area contributed by atoms with Crippen molar-refractivity contribution in [1.82, 2.24) is 9.55 Å². The van der Waals surface area contributed by atoms with Crippen LogP contribution in [-0.2, 0) is 13.5 Å². The number of aromatic nitrogens is 2. The van der Waals surface area contributed by atoms with E-state index in [1.807, 2.05) is 7.05 Å². The van der Waals surface area contributed by atoms with Crippen molar-refractivity contribution >= 4 is 0 Å². The Bertz CT molecular complexity index is 199. The third-order valence-electron chi connectivity index (χ3n) is 1.42.